The van der Waals surface area contributed by atoms with Crippen LogP contribution in [0.4, 0.5) is 5.95 Å². The van der Waals surface area contributed by atoms with E-state index in [-0.39, 0.29) is 12.3 Å². The van der Waals surface area contributed by atoms with E-state index in [1.165, 1.54) is 19.3 Å². The average Bonchev–Trinajstić information content (AvgIpc) is 2.62. The number of anilines is 1. The number of benzene rings is 1. The smallest absolute Gasteiger partial charge is 0.225 e. The number of piperidine rings is 1. The van der Waals surface area contributed by atoms with Crippen molar-refractivity contribution in [2.24, 2.45) is 0 Å². The highest BCUT2D eigenvalue weighted by Gasteiger charge is 2.15. The monoisotopic (exact) mass is 358 g/mol. The molecular formula is C19H23ClN4O. The number of aromatic nitrogens is 2. The molecule has 6 heteroatoms. The summed E-state index contributed by atoms with van der Waals surface area (Å²) in [7, 11) is 0. The van der Waals surface area contributed by atoms with Crippen molar-refractivity contribution in [1.29, 1.82) is 0 Å². The lowest BCUT2D eigenvalue weighted by Gasteiger charge is -2.27. The summed E-state index contributed by atoms with van der Waals surface area (Å²) in [6, 6.07) is 9.32. The van der Waals surface area contributed by atoms with Crippen molar-refractivity contribution in [3.8, 4) is 0 Å². The van der Waals surface area contributed by atoms with Crippen LogP contribution in [0.5, 0.6) is 0 Å². The van der Waals surface area contributed by atoms with Gasteiger partial charge in [0, 0.05) is 23.8 Å². The third-order valence-corrected chi connectivity index (χ3v) is 4.68. The van der Waals surface area contributed by atoms with Gasteiger partial charge in [-0.25, -0.2) is 9.97 Å². The Hall–Kier alpha value is -2.14. The van der Waals surface area contributed by atoms with Crippen LogP contribution in [-0.4, -0.2) is 29.0 Å². The van der Waals surface area contributed by atoms with Crippen molar-refractivity contribution in [3.05, 3.63) is 52.3 Å². The van der Waals surface area contributed by atoms with Gasteiger partial charge in [-0.15, -0.1) is 0 Å². The van der Waals surface area contributed by atoms with Crippen molar-refractivity contribution < 1.29 is 4.79 Å². The molecule has 1 aromatic heterocycles. The Morgan fingerprint density at radius 1 is 1.20 bits per heavy atom. The van der Waals surface area contributed by atoms with Crippen molar-refractivity contribution in [2.45, 2.75) is 39.2 Å². The van der Waals surface area contributed by atoms with Gasteiger partial charge in [0.2, 0.25) is 11.9 Å². The summed E-state index contributed by atoms with van der Waals surface area (Å²) in [6.07, 6.45) is 3.90. The lowest BCUT2D eigenvalue weighted by Crippen LogP contribution is -2.32. The normalized spacial score (nSPS) is 14.4. The maximum absolute atomic E-state index is 12.2. The van der Waals surface area contributed by atoms with Crippen LogP contribution in [0.2, 0.25) is 5.02 Å². The van der Waals surface area contributed by atoms with E-state index in [0.29, 0.717) is 11.6 Å². The molecule has 0 bridgehead atoms. The van der Waals surface area contributed by atoms with Crippen LogP contribution in [0, 0.1) is 6.92 Å². The Morgan fingerprint density at radius 3 is 2.72 bits per heavy atom. The first kappa shape index (κ1) is 17.7. The van der Waals surface area contributed by atoms with Gasteiger partial charge in [-0.1, -0.05) is 29.8 Å². The van der Waals surface area contributed by atoms with E-state index < -0.39 is 0 Å². The topological polar surface area (TPSA) is 58.1 Å². The van der Waals surface area contributed by atoms with Gasteiger partial charge in [0.05, 0.1) is 18.7 Å². The highest BCUT2D eigenvalue weighted by atomic mass is 35.5. The predicted octanol–water partition coefficient (Wildman–Crippen LogP) is 3.29. The zero-order valence-electron chi connectivity index (χ0n) is 14.5. The van der Waals surface area contributed by atoms with E-state index in [9.17, 15) is 4.79 Å². The molecule has 1 aliphatic heterocycles. The van der Waals surface area contributed by atoms with Crippen LogP contribution in [0.25, 0.3) is 0 Å². The van der Waals surface area contributed by atoms with Crippen LogP contribution < -0.4 is 10.2 Å². The molecular weight excluding hydrogens is 336 g/mol. The van der Waals surface area contributed by atoms with Gasteiger partial charge in [-0.05, 0) is 43.9 Å². The van der Waals surface area contributed by atoms with Gasteiger partial charge in [0.1, 0.15) is 0 Å². The molecule has 0 unspecified atom stereocenters. The second kappa shape index (κ2) is 8.30. The molecule has 0 spiro atoms. The summed E-state index contributed by atoms with van der Waals surface area (Å²) in [5.74, 6) is 0.707. The minimum absolute atomic E-state index is 0.0658. The Morgan fingerprint density at radius 2 is 1.96 bits per heavy atom. The third kappa shape index (κ3) is 4.92. The Labute approximate surface area is 153 Å². The first-order valence-corrected chi connectivity index (χ1v) is 9.09. The zero-order valence-corrected chi connectivity index (χ0v) is 15.2. The van der Waals surface area contributed by atoms with Crippen LogP contribution in [-0.2, 0) is 17.8 Å². The first-order chi connectivity index (χ1) is 12.1. The van der Waals surface area contributed by atoms with Gasteiger partial charge in [0.15, 0.2) is 0 Å². The molecule has 0 aliphatic carbocycles. The van der Waals surface area contributed by atoms with E-state index in [0.717, 1.165) is 36.0 Å². The van der Waals surface area contributed by atoms with Crippen LogP contribution in [0.1, 0.15) is 36.2 Å². The summed E-state index contributed by atoms with van der Waals surface area (Å²) in [5.41, 5.74) is 2.58. The number of hydrogen-bond donors (Lipinski definition) is 1. The molecule has 1 aromatic carbocycles. The fourth-order valence-corrected chi connectivity index (χ4v) is 3.21. The van der Waals surface area contributed by atoms with E-state index in [1.807, 2.05) is 31.2 Å². The quantitative estimate of drug-likeness (QED) is 0.891. The number of carbonyl (C=O) groups excluding carboxylic acids is 1. The molecule has 1 aliphatic rings. The number of halogens is 1. The SMILES string of the molecule is Cc1cc(CNC(=O)Cc2ccccc2Cl)nc(N2CCCCC2)n1. The first-order valence-electron chi connectivity index (χ1n) is 8.71. The maximum Gasteiger partial charge on any atom is 0.225 e. The fourth-order valence-electron chi connectivity index (χ4n) is 3.01. The molecule has 1 saturated heterocycles. The lowest BCUT2D eigenvalue weighted by molar-refractivity contribution is -0.120. The summed E-state index contributed by atoms with van der Waals surface area (Å²) in [4.78, 5) is 23.6. The van der Waals surface area contributed by atoms with Gasteiger partial charge in [0.25, 0.3) is 0 Å². The molecule has 1 amide bonds. The van der Waals surface area contributed by atoms with E-state index in [4.69, 9.17) is 11.6 Å². The van der Waals surface area contributed by atoms with Crippen LogP contribution >= 0.6 is 11.6 Å². The molecule has 2 aromatic rings. The highest BCUT2D eigenvalue weighted by molar-refractivity contribution is 6.31. The lowest BCUT2D eigenvalue weighted by atomic mass is 10.1. The molecule has 0 atom stereocenters. The van der Waals surface area contributed by atoms with Gasteiger partial charge < -0.3 is 10.2 Å². The van der Waals surface area contributed by atoms with Crippen molar-refractivity contribution >= 4 is 23.5 Å². The van der Waals surface area contributed by atoms with Crippen LogP contribution in [0.3, 0.4) is 0 Å². The summed E-state index contributed by atoms with van der Waals surface area (Å²) < 4.78 is 0. The Bertz CT molecular complexity index is 744. The van der Waals surface area contributed by atoms with Gasteiger partial charge >= 0.3 is 0 Å². The number of hydrogen-bond acceptors (Lipinski definition) is 4. The van der Waals surface area contributed by atoms with Gasteiger partial charge in [-0.2, -0.15) is 0 Å². The molecule has 2 heterocycles. The summed E-state index contributed by atoms with van der Waals surface area (Å²) in [5, 5.41) is 3.54. The minimum atomic E-state index is -0.0658. The standard InChI is InChI=1S/C19H23ClN4O/c1-14-11-16(23-19(22-14)24-9-5-2-6-10-24)13-21-18(25)12-15-7-3-4-8-17(15)20/h3-4,7-8,11H,2,5-6,9-10,12-13H2,1H3,(H,21,25). The number of amides is 1. The average molecular weight is 359 g/mol. The number of nitrogens with one attached hydrogen (secondary N) is 1. The second-order valence-electron chi connectivity index (χ2n) is 6.39. The molecule has 0 radical (unpaired) electrons. The van der Waals surface area contributed by atoms with Gasteiger partial charge in [-0.3, -0.25) is 4.79 Å². The number of carbonyl (C=O) groups is 1. The zero-order chi connectivity index (χ0) is 17.6. The Balaban J connectivity index is 1.61. The minimum Gasteiger partial charge on any atom is -0.350 e. The number of nitrogens with zero attached hydrogens (tertiary/aromatic N) is 3. The number of rotatable bonds is 5. The number of aryl methyl sites for hydroxylation is 1. The maximum atomic E-state index is 12.2. The Kier molecular flexibility index (Phi) is 5.87. The summed E-state index contributed by atoms with van der Waals surface area (Å²) in [6.45, 7) is 4.36. The molecule has 3 rings (SSSR count). The molecule has 1 fully saturated rings. The summed E-state index contributed by atoms with van der Waals surface area (Å²) >= 11 is 6.11. The molecule has 5 nitrogen and oxygen atoms in total. The third-order valence-electron chi connectivity index (χ3n) is 4.31. The molecule has 0 saturated carbocycles. The van der Waals surface area contributed by atoms with E-state index in [1.54, 1.807) is 6.07 Å². The largest absolute Gasteiger partial charge is 0.350 e. The van der Waals surface area contributed by atoms with Crippen LogP contribution in [0.15, 0.2) is 30.3 Å². The van der Waals surface area contributed by atoms with Crippen molar-refractivity contribution in [1.82, 2.24) is 15.3 Å². The highest BCUT2D eigenvalue weighted by Crippen LogP contribution is 2.17. The van der Waals surface area contributed by atoms with E-state index >= 15 is 0 Å². The predicted molar refractivity (Wildman–Crippen MR) is 99.8 cm³/mol. The molecule has 25 heavy (non-hydrogen) atoms. The van der Waals surface area contributed by atoms with Crippen molar-refractivity contribution in [3.63, 3.8) is 0 Å². The molecule has 1 N–H and O–H groups in total. The van der Waals surface area contributed by atoms with E-state index in [2.05, 4.69) is 20.2 Å². The molecule has 132 valence electrons. The second-order valence-corrected chi connectivity index (χ2v) is 6.80. The fraction of sp³-hybridized carbons (Fsp3) is 0.421. The van der Waals surface area contributed by atoms with Crippen molar-refractivity contribution in [2.75, 3.05) is 18.0 Å².